The van der Waals surface area contributed by atoms with Crippen LogP contribution in [0.3, 0.4) is 0 Å². The van der Waals surface area contributed by atoms with Gasteiger partial charge in [-0.3, -0.25) is 0 Å². The van der Waals surface area contributed by atoms with Crippen LogP contribution in [-0.2, 0) is 9.26 Å². The van der Waals surface area contributed by atoms with E-state index in [1.54, 1.807) is 7.11 Å². The molecular weight excluding hydrogens is 230 g/mol. The van der Waals surface area contributed by atoms with Crippen molar-refractivity contribution < 1.29 is 9.26 Å². The van der Waals surface area contributed by atoms with Crippen LogP contribution in [0.4, 0.5) is 0 Å². The third-order valence-electron chi connectivity index (χ3n) is 2.66. The monoisotopic (exact) mass is 255 g/mol. The smallest absolute Gasteiger partial charge is 0.241 e. The molecule has 98 valence electrons. The molecule has 17 heavy (non-hydrogen) atoms. The number of oxime groups is 1. The van der Waals surface area contributed by atoms with E-state index in [1.807, 2.05) is 6.92 Å². The Balaban J connectivity index is 2.57. The van der Waals surface area contributed by atoms with Gasteiger partial charge >= 0.3 is 0 Å². The van der Waals surface area contributed by atoms with Gasteiger partial charge in [0, 0.05) is 6.42 Å². The largest absolute Gasteiger partial charge is 0.548 e. The van der Waals surface area contributed by atoms with Gasteiger partial charge < -0.3 is 9.26 Å². The van der Waals surface area contributed by atoms with E-state index in [4.69, 9.17) is 9.26 Å². The topological polar surface area (TPSA) is 30.8 Å². The second kappa shape index (κ2) is 6.24. The molecule has 0 saturated carbocycles. The normalized spacial score (nSPS) is 22.1. The molecule has 0 fully saturated rings. The molecule has 0 aromatic carbocycles. The predicted molar refractivity (Wildman–Crippen MR) is 74.6 cm³/mol. The zero-order valence-electron chi connectivity index (χ0n) is 11.7. The Hall–Kier alpha value is -0.773. The summed E-state index contributed by atoms with van der Waals surface area (Å²) in [5, 5.41) is 3.97. The molecule has 3 nitrogen and oxygen atoms in total. The van der Waals surface area contributed by atoms with Crippen LogP contribution in [0, 0.1) is 5.92 Å². The van der Waals surface area contributed by atoms with Crippen LogP contribution in [-0.4, -0.2) is 21.1 Å². The molecule has 0 aliphatic heterocycles. The minimum absolute atomic E-state index is 0.564. The lowest BCUT2D eigenvalue weighted by atomic mass is 9.90. The van der Waals surface area contributed by atoms with Gasteiger partial charge in [0.1, 0.15) is 7.11 Å². The fourth-order valence-electron chi connectivity index (χ4n) is 2.18. The van der Waals surface area contributed by atoms with Crippen molar-refractivity contribution in [2.45, 2.75) is 52.2 Å². The average molecular weight is 255 g/mol. The SMILES string of the molecule is CO/N=C(\C)CC1C=C(O[Si](C)(C)C)CCC1. The van der Waals surface area contributed by atoms with Gasteiger partial charge in [0.05, 0.1) is 11.5 Å². The Morgan fingerprint density at radius 3 is 2.76 bits per heavy atom. The van der Waals surface area contributed by atoms with Gasteiger partial charge in [0.15, 0.2) is 0 Å². The summed E-state index contributed by atoms with van der Waals surface area (Å²) in [6.45, 7) is 8.71. The summed E-state index contributed by atoms with van der Waals surface area (Å²) in [4.78, 5) is 4.80. The van der Waals surface area contributed by atoms with Crippen molar-refractivity contribution in [3.63, 3.8) is 0 Å². The van der Waals surface area contributed by atoms with E-state index < -0.39 is 8.32 Å². The van der Waals surface area contributed by atoms with Crippen molar-refractivity contribution in [2.24, 2.45) is 11.1 Å². The standard InChI is InChI=1S/C13H25NO2Si/c1-11(14-15-2)9-12-7-6-8-13(10-12)16-17(3,4)5/h10,12H,6-9H2,1-5H3/b14-11+. The van der Waals surface area contributed by atoms with Crippen LogP contribution in [0.1, 0.15) is 32.6 Å². The maximum atomic E-state index is 6.08. The molecule has 1 unspecified atom stereocenters. The highest BCUT2D eigenvalue weighted by Gasteiger charge is 2.21. The summed E-state index contributed by atoms with van der Waals surface area (Å²) in [5.41, 5.74) is 1.06. The Kier molecular flexibility index (Phi) is 5.24. The lowest BCUT2D eigenvalue weighted by Crippen LogP contribution is -2.26. The summed E-state index contributed by atoms with van der Waals surface area (Å²) in [6.07, 6.45) is 6.83. The van der Waals surface area contributed by atoms with E-state index in [2.05, 4.69) is 30.9 Å². The highest BCUT2D eigenvalue weighted by Crippen LogP contribution is 2.28. The van der Waals surface area contributed by atoms with Gasteiger partial charge in [-0.05, 0) is 57.8 Å². The second-order valence-corrected chi connectivity index (χ2v) is 10.1. The van der Waals surface area contributed by atoms with E-state index in [-0.39, 0.29) is 0 Å². The molecular formula is C13H25NO2Si. The number of rotatable bonds is 5. The summed E-state index contributed by atoms with van der Waals surface area (Å²) in [7, 11) is 0.145. The first kappa shape index (κ1) is 14.3. The van der Waals surface area contributed by atoms with Gasteiger partial charge in [-0.1, -0.05) is 5.16 Å². The summed E-state index contributed by atoms with van der Waals surface area (Å²) in [6, 6.07) is 0. The molecule has 0 amide bonds. The van der Waals surface area contributed by atoms with Crippen LogP contribution in [0.15, 0.2) is 17.0 Å². The van der Waals surface area contributed by atoms with Crippen LogP contribution >= 0.6 is 0 Å². The first-order valence-electron chi connectivity index (χ1n) is 6.37. The van der Waals surface area contributed by atoms with E-state index >= 15 is 0 Å². The molecule has 0 aromatic rings. The fraction of sp³-hybridized carbons (Fsp3) is 0.769. The second-order valence-electron chi connectivity index (χ2n) is 5.71. The van der Waals surface area contributed by atoms with Crippen molar-refractivity contribution in [3.05, 3.63) is 11.8 Å². The van der Waals surface area contributed by atoms with Crippen molar-refractivity contribution >= 4 is 14.0 Å². The number of hydrogen-bond acceptors (Lipinski definition) is 3. The van der Waals surface area contributed by atoms with Crippen molar-refractivity contribution in [1.82, 2.24) is 0 Å². The molecule has 1 aliphatic rings. The van der Waals surface area contributed by atoms with E-state index in [1.165, 1.54) is 18.6 Å². The van der Waals surface area contributed by atoms with Crippen LogP contribution in [0.2, 0.25) is 19.6 Å². The zero-order valence-corrected chi connectivity index (χ0v) is 12.7. The minimum atomic E-state index is -1.45. The third kappa shape index (κ3) is 5.91. The average Bonchev–Trinajstić information content (AvgIpc) is 2.15. The Bertz CT molecular complexity index is 305. The highest BCUT2D eigenvalue weighted by atomic mass is 28.4. The summed E-state index contributed by atoms with van der Waals surface area (Å²) in [5.74, 6) is 1.76. The van der Waals surface area contributed by atoms with Crippen molar-refractivity contribution in [3.8, 4) is 0 Å². The number of allylic oxidation sites excluding steroid dienone is 2. The van der Waals surface area contributed by atoms with Crippen molar-refractivity contribution in [2.75, 3.05) is 7.11 Å². The molecule has 0 radical (unpaired) electrons. The minimum Gasteiger partial charge on any atom is -0.548 e. The molecule has 1 rings (SSSR count). The highest BCUT2D eigenvalue weighted by molar-refractivity contribution is 6.70. The number of hydrogen-bond donors (Lipinski definition) is 0. The first-order chi connectivity index (χ1) is 7.90. The predicted octanol–water partition coefficient (Wildman–Crippen LogP) is 3.93. The summed E-state index contributed by atoms with van der Waals surface area (Å²) < 4.78 is 6.08. The molecule has 0 saturated heterocycles. The van der Waals surface area contributed by atoms with Crippen LogP contribution in [0.25, 0.3) is 0 Å². The van der Waals surface area contributed by atoms with Crippen molar-refractivity contribution in [1.29, 1.82) is 0 Å². The Labute approximate surface area is 106 Å². The summed E-state index contributed by atoms with van der Waals surface area (Å²) >= 11 is 0. The lowest BCUT2D eigenvalue weighted by molar-refractivity contribution is 0.211. The van der Waals surface area contributed by atoms with Crippen LogP contribution in [0.5, 0.6) is 0 Å². The van der Waals surface area contributed by atoms with Crippen LogP contribution < -0.4 is 0 Å². The van der Waals surface area contributed by atoms with Gasteiger partial charge in [0.2, 0.25) is 8.32 Å². The van der Waals surface area contributed by atoms with Gasteiger partial charge in [-0.15, -0.1) is 0 Å². The van der Waals surface area contributed by atoms with E-state index in [0.29, 0.717) is 5.92 Å². The first-order valence-corrected chi connectivity index (χ1v) is 9.78. The molecule has 0 heterocycles. The maximum Gasteiger partial charge on any atom is 0.241 e. The lowest BCUT2D eigenvalue weighted by Gasteiger charge is -2.27. The van der Waals surface area contributed by atoms with Gasteiger partial charge in [-0.25, -0.2) is 0 Å². The molecule has 0 aromatic heterocycles. The zero-order chi connectivity index (χ0) is 12.9. The van der Waals surface area contributed by atoms with Gasteiger partial charge in [0.25, 0.3) is 0 Å². The molecule has 0 bridgehead atoms. The molecule has 4 heteroatoms. The van der Waals surface area contributed by atoms with E-state index in [0.717, 1.165) is 18.6 Å². The third-order valence-corrected chi connectivity index (χ3v) is 3.54. The Morgan fingerprint density at radius 1 is 1.47 bits per heavy atom. The van der Waals surface area contributed by atoms with E-state index in [9.17, 15) is 0 Å². The fourth-order valence-corrected chi connectivity index (χ4v) is 3.14. The molecule has 0 N–H and O–H groups in total. The number of nitrogens with zero attached hydrogens (tertiary/aromatic N) is 1. The maximum absolute atomic E-state index is 6.08. The molecule has 0 spiro atoms. The molecule has 1 aliphatic carbocycles. The quantitative estimate of drug-likeness (QED) is 0.423. The van der Waals surface area contributed by atoms with Gasteiger partial charge in [-0.2, -0.15) is 0 Å². The molecule has 1 atom stereocenters. The Morgan fingerprint density at radius 2 is 2.18 bits per heavy atom.